The van der Waals surface area contributed by atoms with E-state index in [4.69, 9.17) is 4.74 Å². The van der Waals surface area contributed by atoms with Gasteiger partial charge >= 0.3 is 5.97 Å². The van der Waals surface area contributed by atoms with Crippen molar-refractivity contribution in [1.29, 1.82) is 0 Å². The third-order valence-electron chi connectivity index (χ3n) is 3.38. The fourth-order valence-corrected chi connectivity index (χ4v) is 3.19. The normalized spacial score (nSPS) is 20.4. The molecule has 0 spiro atoms. The molecule has 1 unspecified atom stereocenters. The first-order valence-electron chi connectivity index (χ1n) is 6.74. The quantitative estimate of drug-likeness (QED) is 0.629. The van der Waals surface area contributed by atoms with E-state index in [1.807, 2.05) is 0 Å². The second kappa shape index (κ2) is 7.92. The summed E-state index contributed by atoms with van der Waals surface area (Å²) in [5.74, 6) is -0.426. The van der Waals surface area contributed by atoms with E-state index in [1.165, 1.54) is 25.5 Å². The van der Waals surface area contributed by atoms with Crippen LogP contribution in [0.15, 0.2) is 0 Å². The van der Waals surface area contributed by atoms with Crippen LogP contribution in [0.25, 0.3) is 0 Å². The summed E-state index contributed by atoms with van der Waals surface area (Å²) < 4.78 is 37.0. The van der Waals surface area contributed by atoms with Crippen molar-refractivity contribution in [1.82, 2.24) is 8.61 Å². The van der Waals surface area contributed by atoms with Crippen molar-refractivity contribution < 1.29 is 22.7 Å². The van der Waals surface area contributed by atoms with Crippen molar-refractivity contribution in [3.05, 3.63) is 0 Å². The molecule has 1 atom stereocenters. The summed E-state index contributed by atoms with van der Waals surface area (Å²) in [4.78, 5) is 11.1. The van der Waals surface area contributed by atoms with Crippen molar-refractivity contribution in [3.8, 4) is 0 Å². The largest absolute Gasteiger partial charge is 0.469 e. The Balaban J connectivity index is 2.50. The van der Waals surface area contributed by atoms with Gasteiger partial charge in [0.2, 0.25) is 0 Å². The number of esters is 1. The van der Waals surface area contributed by atoms with E-state index in [2.05, 4.69) is 4.74 Å². The minimum Gasteiger partial charge on any atom is -0.469 e. The fraction of sp³-hybridized carbons (Fsp3) is 0.917. The smallest absolute Gasteiger partial charge is 0.306 e. The van der Waals surface area contributed by atoms with Crippen LogP contribution in [0.4, 0.5) is 0 Å². The van der Waals surface area contributed by atoms with Crippen LogP contribution >= 0.6 is 0 Å². The summed E-state index contributed by atoms with van der Waals surface area (Å²) >= 11 is 0. The van der Waals surface area contributed by atoms with E-state index >= 15 is 0 Å². The lowest BCUT2D eigenvalue weighted by molar-refractivity contribution is -0.140. The molecule has 1 aliphatic heterocycles. The van der Waals surface area contributed by atoms with Gasteiger partial charge in [-0.15, -0.1) is 0 Å². The predicted molar refractivity (Wildman–Crippen MR) is 74.4 cm³/mol. The molecule has 1 saturated heterocycles. The third-order valence-corrected chi connectivity index (χ3v) is 5.29. The van der Waals surface area contributed by atoms with E-state index in [0.717, 1.165) is 23.6 Å². The molecule has 0 radical (unpaired) electrons. The highest BCUT2D eigenvalue weighted by atomic mass is 32.2. The maximum Gasteiger partial charge on any atom is 0.306 e. The van der Waals surface area contributed by atoms with E-state index in [9.17, 15) is 13.2 Å². The summed E-state index contributed by atoms with van der Waals surface area (Å²) in [6, 6.07) is 0. The van der Waals surface area contributed by atoms with Crippen LogP contribution < -0.4 is 0 Å². The molecular formula is C12H24N2O5S. The lowest BCUT2D eigenvalue weighted by Gasteiger charge is -2.29. The van der Waals surface area contributed by atoms with Crippen molar-refractivity contribution >= 4 is 16.2 Å². The van der Waals surface area contributed by atoms with Gasteiger partial charge in [-0.1, -0.05) is 0 Å². The molecule has 0 aromatic carbocycles. The fourth-order valence-electron chi connectivity index (χ4n) is 2.04. The highest BCUT2D eigenvalue weighted by Crippen LogP contribution is 2.15. The van der Waals surface area contributed by atoms with Gasteiger partial charge in [-0.25, -0.2) is 0 Å². The van der Waals surface area contributed by atoms with Crippen molar-refractivity contribution in [3.63, 3.8) is 0 Å². The first-order chi connectivity index (χ1) is 9.37. The average molecular weight is 308 g/mol. The zero-order valence-electron chi connectivity index (χ0n) is 12.4. The van der Waals surface area contributed by atoms with Gasteiger partial charge in [-0.2, -0.15) is 17.0 Å². The second-order valence-corrected chi connectivity index (χ2v) is 7.07. The Bertz CT molecular complexity index is 406. The highest BCUT2D eigenvalue weighted by Gasteiger charge is 2.27. The number of hydrogen-bond donors (Lipinski definition) is 0. The van der Waals surface area contributed by atoms with Gasteiger partial charge in [0.05, 0.1) is 19.6 Å². The Hall–Kier alpha value is -0.700. The lowest BCUT2D eigenvalue weighted by atomic mass is 10.1. The molecule has 1 rings (SSSR count). The minimum atomic E-state index is -3.56. The van der Waals surface area contributed by atoms with Gasteiger partial charge in [0, 0.05) is 33.8 Å². The molecule has 7 nitrogen and oxygen atoms in total. The topological polar surface area (TPSA) is 76.2 Å². The molecular weight excluding hydrogens is 284 g/mol. The molecule has 0 bridgehead atoms. The van der Waals surface area contributed by atoms with Crippen molar-refractivity contribution in [2.24, 2.45) is 0 Å². The number of likely N-dealkylation sites (N-methyl/N-ethyl adjacent to an activating group) is 1. The maximum atomic E-state index is 12.2. The Labute approximate surface area is 121 Å². The molecule has 0 N–H and O–H groups in total. The van der Waals surface area contributed by atoms with Gasteiger partial charge in [0.25, 0.3) is 10.2 Å². The first kappa shape index (κ1) is 17.4. The Morgan fingerprint density at radius 3 is 2.55 bits per heavy atom. The molecule has 1 aliphatic rings. The van der Waals surface area contributed by atoms with Crippen molar-refractivity contribution in [2.45, 2.75) is 31.8 Å². The van der Waals surface area contributed by atoms with Gasteiger partial charge in [-0.05, 0) is 19.3 Å². The van der Waals surface area contributed by atoms with Crippen LogP contribution in [0, 0.1) is 0 Å². The summed E-state index contributed by atoms with van der Waals surface area (Å²) in [5.41, 5.74) is 0. The predicted octanol–water partition coefficient (Wildman–Crippen LogP) is 0.227. The number of methoxy groups -OCH3 is 1. The molecule has 0 aromatic rings. The molecule has 1 fully saturated rings. The maximum absolute atomic E-state index is 12.2. The second-order valence-electron chi connectivity index (χ2n) is 4.92. The zero-order valence-corrected chi connectivity index (χ0v) is 13.2. The van der Waals surface area contributed by atoms with Crippen LogP contribution in [-0.4, -0.2) is 70.0 Å². The number of carbonyl (C=O) groups is 1. The monoisotopic (exact) mass is 308 g/mol. The van der Waals surface area contributed by atoms with E-state index in [0.29, 0.717) is 13.2 Å². The van der Waals surface area contributed by atoms with E-state index in [-0.39, 0.29) is 19.1 Å². The highest BCUT2D eigenvalue weighted by molar-refractivity contribution is 7.86. The molecule has 0 saturated carbocycles. The van der Waals surface area contributed by atoms with Gasteiger partial charge in [0.15, 0.2) is 0 Å². The first-order valence-corrected chi connectivity index (χ1v) is 8.13. The number of nitrogens with zero attached hydrogens (tertiary/aromatic N) is 2. The van der Waals surface area contributed by atoms with E-state index < -0.39 is 16.2 Å². The summed E-state index contributed by atoms with van der Waals surface area (Å²) in [5, 5.41) is 0. The number of carbonyl (C=O) groups excluding carboxylic acids is 1. The number of rotatable bonds is 7. The lowest BCUT2D eigenvalue weighted by Crippen LogP contribution is -2.44. The van der Waals surface area contributed by atoms with Crippen LogP contribution in [-0.2, 0) is 24.5 Å². The van der Waals surface area contributed by atoms with Crippen LogP contribution in [0.1, 0.15) is 25.7 Å². The van der Waals surface area contributed by atoms with E-state index in [1.54, 1.807) is 0 Å². The van der Waals surface area contributed by atoms with Crippen LogP contribution in [0.2, 0.25) is 0 Å². The Kier molecular flexibility index (Phi) is 6.87. The summed E-state index contributed by atoms with van der Waals surface area (Å²) in [6.07, 6.45) is 2.98. The average Bonchev–Trinajstić information content (AvgIpc) is 2.45. The SMILES string of the molecule is COC(=O)CCN(C)S(=O)(=O)N(C)CC1CCCCO1. The summed E-state index contributed by atoms with van der Waals surface area (Å²) in [7, 11) is 0.702. The van der Waals surface area contributed by atoms with Crippen LogP contribution in [0.5, 0.6) is 0 Å². The zero-order chi connectivity index (χ0) is 15.2. The number of hydrogen-bond acceptors (Lipinski definition) is 5. The molecule has 118 valence electrons. The third kappa shape index (κ3) is 5.01. The molecule has 1 heterocycles. The van der Waals surface area contributed by atoms with Gasteiger partial charge in [0.1, 0.15) is 0 Å². The van der Waals surface area contributed by atoms with Crippen molar-refractivity contribution in [2.75, 3.05) is 40.9 Å². The Morgan fingerprint density at radius 1 is 1.30 bits per heavy atom. The Morgan fingerprint density at radius 2 is 2.00 bits per heavy atom. The molecule has 0 aromatic heterocycles. The minimum absolute atomic E-state index is 0.0417. The molecule has 20 heavy (non-hydrogen) atoms. The molecule has 0 amide bonds. The van der Waals surface area contributed by atoms with Crippen LogP contribution in [0.3, 0.4) is 0 Å². The number of ether oxygens (including phenoxy) is 2. The van der Waals surface area contributed by atoms with Gasteiger partial charge < -0.3 is 9.47 Å². The van der Waals surface area contributed by atoms with Gasteiger partial charge in [-0.3, -0.25) is 4.79 Å². The molecule has 8 heteroatoms. The molecule has 0 aliphatic carbocycles. The standard InChI is InChI=1S/C12H24N2O5S/c1-13(8-7-12(15)18-3)20(16,17)14(2)10-11-6-4-5-9-19-11/h11H,4-10H2,1-3H3. The summed E-state index contributed by atoms with van der Waals surface area (Å²) in [6.45, 7) is 1.13.